The monoisotopic (exact) mass is 394 g/mol. The Labute approximate surface area is 163 Å². The lowest BCUT2D eigenvalue weighted by Gasteiger charge is -2.20. The first kappa shape index (κ1) is 23.1. The fraction of sp³-hybridized carbons (Fsp3) is 0.474. The molecule has 0 spiro atoms. The van der Waals surface area contributed by atoms with Crippen LogP contribution >= 0.6 is 0 Å². The Morgan fingerprint density at radius 2 is 1.64 bits per heavy atom. The van der Waals surface area contributed by atoms with Gasteiger partial charge in [-0.05, 0) is 26.3 Å². The third-order valence-electron chi connectivity index (χ3n) is 3.69. The van der Waals surface area contributed by atoms with Crippen LogP contribution in [-0.4, -0.2) is 48.5 Å². The van der Waals surface area contributed by atoms with E-state index in [2.05, 4.69) is 16.4 Å². The minimum Gasteiger partial charge on any atom is -0.464 e. The standard InChI is InChI=1S/C19H27N3O6/c1-4-27-19(26)13(3)21-18(25)15(22-17(24)12(2)20)10-16(23)28-11-14-8-6-5-7-9-14/h5-9,12-13,15H,4,10-11,20H2,1-3H3,(H,21,25)(H,22,24)/p+1/t12-,13+,15-/m1/s1. The molecular weight excluding hydrogens is 366 g/mol. The summed E-state index contributed by atoms with van der Waals surface area (Å²) < 4.78 is 9.99. The summed E-state index contributed by atoms with van der Waals surface area (Å²) in [4.78, 5) is 48.2. The van der Waals surface area contributed by atoms with Gasteiger partial charge in [0.05, 0.1) is 13.0 Å². The van der Waals surface area contributed by atoms with E-state index in [-0.39, 0.29) is 19.6 Å². The first-order valence-corrected chi connectivity index (χ1v) is 9.04. The summed E-state index contributed by atoms with van der Waals surface area (Å²) in [5, 5.41) is 4.89. The first-order chi connectivity index (χ1) is 13.2. The average molecular weight is 394 g/mol. The van der Waals surface area contributed by atoms with Gasteiger partial charge in [-0.3, -0.25) is 14.4 Å². The quantitative estimate of drug-likeness (QED) is 0.449. The Hall–Kier alpha value is -2.94. The number of hydrogen-bond acceptors (Lipinski definition) is 6. The van der Waals surface area contributed by atoms with E-state index in [0.29, 0.717) is 0 Å². The van der Waals surface area contributed by atoms with Crippen molar-refractivity contribution in [3.05, 3.63) is 35.9 Å². The second-order valence-corrected chi connectivity index (χ2v) is 6.29. The van der Waals surface area contributed by atoms with E-state index in [1.54, 1.807) is 26.0 Å². The first-order valence-electron chi connectivity index (χ1n) is 9.04. The molecule has 3 atom stereocenters. The van der Waals surface area contributed by atoms with Crippen molar-refractivity contribution >= 4 is 23.8 Å². The number of benzene rings is 1. The van der Waals surface area contributed by atoms with Crippen LogP contribution in [0.25, 0.3) is 0 Å². The highest BCUT2D eigenvalue weighted by Gasteiger charge is 2.29. The van der Waals surface area contributed by atoms with Gasteiger partial charge in [-0.15, -0.1) is 0 Å². The summed E-state index contributed by atoms with van der Waals surface area (Å²) in [5.41, 5.74) is 4.38. The number of carbonyl (C=O) groups excluding carboxylic acids is 4. The van der Waals surface area contributed by atoms with Crippen LogP contribution in [0.2, 0.25) is 0 Å². The van der Waals surface area contributed by atoms with Gasteiger partial charge in [-0.25, -0.2) is 4.79 Å². The third-order valence-corrected chi connectivity index (χ3v) is 3.69. The Morgan fingerprint density at radius 3 is 2.21 bits per heavy atom. The van der Waals surface area contributed by atoms with E-state index in [1.165, 1.54) is 6.92 Å². The molecule has 2 amide bonds. The van der Waals surface area contributed by atoms with Crippen LogP contribution in [0, 0.1) is 0 Å². The molecule has 0 aromatic heterocycles. The molecule has 1 aromatic carbocycles. The van der Waals surface area contributed by atoms with Crippen LogP contribution in [0.5, 0.6) is 0 Å². The van der Waals surface area contributed by atoms with Gasteiger partial charge in [0.25, 0.3) is 5.91 Å². The van der Waals surface area contributed by atoms with Crippen molar-refractivity contribution in [2.24, 2.45) is 0 Å². The summed E-state index contributed by atoms with van der Waals surface area (Å²) in [5.74, 6) is -2.46. The number of quaternary nitrogens is 1. The molecular formula is C19H28N3O6+. The maximum Gasteiger partial charge on any atom is 0.328 e. The maximum atomic E-state index is 12.5. The zero-order chi connectivity index (χ0) is 21.1. The van der Waals surface area contributed by atoms with E-state index in [4.69, 9.17) is 9.47 Å². The van der Waals surface area contributed by atoms with Crippen molar-refractivity contribution in [1.29, 1.82) is 0 Å². The molecule has 0 saturated heterocycles. The van der Waals surface area contributed by atoms with Crippen molar-refractivity contribution in [3.8, 4) is 0 Å². The van der Waals surface area contributed by atoms with Crippen LogP contribution in [0.3, 0.4) is 0 Å². The van der Waals surface area contributed by atoms with Crippen LogP contribution in [0.4, 0.5) is 0 Å². The van der Waals surface area contributed by atoms with E-state index >= 15 is 0 Å². The van der Waals surface area contributed by atoms with Gasteiger partial charge in [0, 0.05) is 0 Å². The van der Waals surface area contributed by atoms with Crippen LogP contribution in [-0.2, 0) is 35.3 Å². The lowest BCUT2D eigenvalue weighted by molar-refractivity contribution is -0.398. The Morgan fingerprint density at radius 1 is 1.00 bits per heavy atom. The lowest BCUT2D eigenvalue weighted by Crippen LogP contribution is -2.67. The molecule has 0 aliphatic rings. The van der Waals surface area contributed by atoms with Gasteiger partial charge < -0.3 is 25.8 Å². The Kier molecular flexibility index (Phi) is 9.66. The summed E-state index contributed by atoms with van der Waals surface area (Å²) in [6.45, 7) is 4.87. The van der Waals surface area contributed by atoms with E-state index in [0.717, 1.165) is 5.56 Å². The largest absolute Gasteiger partial charge is 0.464 e. The molecule has 28 heavy (non-hydrogen) atoms. The average Bonchev–Trinajstić information content (AvgIpc) is 2.66. The highest BCUT2D eigenvalue weighted by molar-refractivity contribution is 5.93. The predicted octanol–water partition coefficient (Wildman–Crippen LogP) is -0.697. The second-order valence-electron chi connectivity index (χ2n) is 6.29. The van der Waals surface area contributed by atoms with Crippen LogP contribution in [0.1, 0.15) is 32.8 Å². The number of amides is 2. The van der Waals surface area contributed by atoms with Gasteiger partial charge in [-0.1, -0.05) is 30.3 Å². The summed E-state index contributed by atoms with van der Waals surface area (Å²) in [6.07, 6.45) is -0.382. The molecule has 0 unspecified atom stereocenters. The minimum atomic E-state index is -1.20. The van der Waals surface area contributed by atoms with Gasteiger partial charge >= 0.3 is 11.9 Å². The highest BCUT2D eigenvalue weighted by atomic mass is 16.5. The summed E-state index contributed by atoms with van der Waals surface area (Å²) >= 11 is 0. The fourth-order valence-corrected chi connectivity index (χ4v) is 2.13. The number of esters is 2. The predicted molar refractivity (Wildman–Crippen MR) is 99.4 cm³/mol. The van der Waals surface area contributed by atoms with Crippen molar-refractivity contribution in [1.82, 2.24) is 10.6 Å². The van der Waals surface area contributed by atoms with Crippen molar-refractivity contribution in [2.75, 3.05) is 6.61 Å². The van der Waals surface area contributed by atoms with Crippen molar-refractivity contribution in [3.63, 3.8) is 0 Å². The maximum absolute atomic E-state index is 12.5. The molecule has 0 aliphatic heterocycles. The number of carbonyl (C=O) groups is 4. The molecule has 9 nitrogen and oxygen atoms in total. The van der Waals surface area contributed by atoms with Crippen molar-refractivity contribution in [2.45, 2.75) is 51.9 Å². The minimum absolute atomic E-state index is 0.0485. The van der Waals surface area contributed by atoms with Gasteiger partial charge in [0.1, 0.15) is 18.7 Å². The zero-order valence-electron chi connectivity index (χ0n) is 16.4. The molecule has 5 N–H and O–H groups in total. The molecule has 1 rings (SSSR count). The summed E-state index contributed by atoms with van der Waals surface area (Å²) in [7, 11) is 0. The molecule has 0 aliphatic carbocycles. The van der Waals surface area contributed by atoms with Gasteiger partial charge in [-0.2, -0.15) is 0 Å². The molecule has 0 bridgehead atoms. The number of ether oxygens (including phenoxy) is 2. The van der Waals surface area contributed by atoms with E-state index < -0.39 is 41.9 Å². The van der Waals surface area contributed by atoms with Gasteiger partial charge in [0.2, 0.25) is 5.91 Å². The normalized spacial score (nSPS) is 13.6. The van der Waals surface area contributed by atoms with Gasteiger partial charge in [0.15, 0.2) is 6.04 Å². The number of nitrogens with one attached hydrogen (secondary N) is 2. The van der Waals surface area contributed by atoms with Crippen LogP contribution in [0.15, 0.2) is 30.3 Å². The highest BCUT2D eigenvalue weighted by Crippen LogP contribution is 2.04. The van der Waals surface area contributed by atoms with E-state index in [9.17, 15) is 19.2 Å². The molecule has 9 heteroatoms. The van der Waals surface area contributed by atoms with Crippen LogP contribution < -0.4 is 16.4 Å². The third kappa shape index (κ3) is 8.17. The Balaban J connectivity index is 2.72. The molecule has 0 heterocycles. The Bertz CT molecular complexity index is 678. The molecule has 0 fully saturated rings. The molecule has 154 valence electrons. The fourth-order valence-electron chi connectivity index (χ4n) is 2.13. The zero-order valence-corrected chi connectivity index (χ0v) is 16.4. The molecule has 1 aromatic rings. The smallest absolute Gasteiger partial charge is 0.328 e. The molecule has 0 radical (unpaired) electrons. The second kappa shape index (κ2) is 11.7. The SMILES string of the molecule is CCOC(=O)[C@H](C)NC(=O)[C@@H](CC(=O)OCc1ccccc1)NC(=O)[C@@H](C)[NH3+]. The van der Waals surface area contributed by atoms with Crippen molar-refractivity contribution < 1.29 is 34.4 Å². The number of hydrogen-bond donors (Lipinski definition) is 3. The summed E-state index contributed by atoms with van der Waals surface area (Å²) in [6, 6.07) is 6.30. The lowest BCUT2D eigenvalue weighted by atomic mass is 10.1. The topological polar surface area (TPSA) is 138 Å². The number of rotatable bonds is 10. The van der Waals surface area contributed by atoms with E-state index in [1.807, 2.05) is 18.2 Å². The molecule has 0 saturated carbocycles.